The fraction of sp³-hybridized carbons (Fsp3) is 0.600. The molecule has 1 aromatic rings. The molecular formula is C15H24N2O2. The van der Waals surface area contributed by atoms with E-state index in [0.717, 1.165) is 44.7 Å². The second kappa shape index (κ2) is 7.36. The molecule has 4 nitrogen and oxygen atoms in total. The zero-order valence-corrected chi connectivity index (χ0v) is 11.7. The summed E-state index contributed by atoms with van der Waals surface area (Å²) < 4.78 is 10.9. The van der Waals surface area contributed by atoms with Gasteiger partial charge < -0.3 is 20.1 Å². The number of hydrogen-bond acceptors (Lipinski definition) is 4. The van der Waals surface area contributed by atoms with Crippen LogP contribution in [0.5, 0.6) is 5.75 Å². The molecule has 0 aliphatic carbocycles. The Morgan fingerprint density at radius 1 is 1.21 bits per heavy atom. The number of methoxy groups -OCH3 is 1. The molecule has 1 aliphatic heterocycles. The molecule has 0 saturated carbocycles. The minimum Gasteiger partial charge on any atom is -0.491 e. The molecule has 19 heavy (non-hydrogen) atoms. The molecule has 1 aliphatic rings. The largest absolute Gasteiger partial charge is 0.491 e. The molecule has 0 atom stereocenters. The van der Waals surface area contributed by atoms with E-state index < -0.39 is 0 Å². The third-order valence-corrected chi connectivity index (χ3v) is 3.50. The number of nitrogens with two attached hydrogens (primary N) is 1. The van der Waals surface area contributed by atoms with E-state index in [4.69, 9.17) is 15.2 Å². The number of benzene rings is 1. The Bertz CT molecular complexity index is 376. The first kappa shape index (κ1) is 14.2. The number of hydrogen-bond donors (Lipinski definition) is 1. The quantitative estimate of drug-likeness (QED) is 0.799. The van der Waals surface area contributed by atoms with Gasteiger partial charge >= 0.3 is 0 Å². The molecule has 0 amide bonds. The number of nitrogens with zero attached hydrogens (tertiary/aromatic N) is 1. The van der Waals surface area contributed by atoms with Crippen LogP contribution in [0.3, 0.4) is 0 Å². The summed E-state index contributed by atoms with van der Waals surface area (Å²) in [4.78, 5) is 2.37. The Kier molecular flexibility index (Phi) is 5.48. The Morgan fingerprint density at radius 3 is 2.68 bits per heavy atom. The Labute approximate surface area is 115 Å². The zero-order chi connectivity index (χ0) is 13.5. The molecule has 0 radical (unpaired) electrons. The Hall–Kier alpha value is -1.26. The van der Waals surface area contributed by atoms with Crippen LogP contribution in [-0.4, -0.2) is 39.5 Å². The van der Waals surface area contributed by atoms with Crippen molar-refractivity contribution in [2.24, 2.45) is 5.73 Å². The van der Waals surface area contributed by atoms with Gasteiger partial charge in [-0.15, -0.1) is 0 Å². The van der Waals surface area contributed by atoms with Gasteiger partial charge in [-0.2, -0.15) is 0 Å². The van der Waals surface area contributed by atoms with Gasteiger partial charge in [-0.05, 0) is 25.0 Å². The smallest absolute Gasteiger partial charge is 0.142 e. The normalized spacial score (nSPS) is 16.6. The fourth-order valence-electron chi connectivity index (χ4n) is 2.37. The van der Waals surface area contributed by atoms with Crippen LogP contribution in [0.4, 0.5) is 5.69 Å². The second-order valence-electron chi connectivity index (χ2n) is 4.99. The van der Waals surface area contributed by atoms with E-state index in [-0.39, 0.29) is 0 Å². The van der Waals surface area contributed by atoms with Crippen molar-refractivity contribution in [1.82, 2.24) is 0 Å². The van der Waals surface area contributed by atoms with E-state index in [1.54, 1.807) is 7.11 Å². The average molecular weight is 264 g/mol. The highest BCUT2D eigenvalue weighted by Crippen LogP contribution is 2.30. The molecule has 4 heteroatoms. The maximum absolute atomic E-state index is 5.95. The summed E-state index contributed by atoms with van der Waals surface area (Å²) >= 11 is 0. The molecule has 1 heterocycles. The highest BCUT2D eigenvalue weighted by atomic mass is 16.5. The van der Waals surface area contributed by atoms with Crippen LogP contribution in [0.15, 0.2) is 24.3 Å². The first-order valence-corrected chi connectivity index (χ1v) is 7.02. The van der Waals surface area contributed by atoms with Gasteiger partial charge in [0.25, 0.3) is 0 Å². The van der Waals surface area contributed by atoms with E-state index in [1.165, 1.54) is 5.69 Å². The minimum atomic E-state index is 0.353. The van der Waals surface area contributed by atoms with E-state index in [2.05, 4.69) is 17.0 Å². The number of piperidine rings is 1. The van der Waals surface area contributed by atoms with Crippen molar-refractivity contribution < 1.29 is 9.47 Å². The Morgan fingerprint density at radius 2 is 1.95 bits per heavy atom. The minimum absolute atomic E-state index is 0.353. The summed E-state index contributed by atoms with van der Waals surface area (Å²) in [5.41, 5.74) is 7.14. The molecule has 0 bridgehead atoms. The third kappa shape index (κ3) is 4.11. The zero-order valence-electron chi connectivity index (χ0n) is 11.7. The Balaban J connectivity index is 1.95. The van der Waals surface area contributed by atoms with Crippen molar-refractivity contribution in [3.8, 4) is 5.75 Å². The van der Waals surface area contributed by atoms with E-state index in [1.807, 2.05) is 12.1 Å². The molecule has 1 saturated heterocycles. The van der Waals surface area contributed by atoms with Crippen molar-refractivity contribution in [3.05, 3.63) is 24.3 Å². The van der Waals surface area contributed by atoms with Gasteiger partial charge in [0, 0.05) is 39.3 Å². The summed E-state index contributed by atoms with van der Waals surface area (Å²) in [7, 11) is 1.71. The number of ether oxygens (including phenoxy) is 2. The maximum atomic E-state index is 5.95. The van der Waals surface area contributed by atoms with Crippen LogP contribution < -0.4 is 15.4 Å². The van der Waals surface area contributed by atoms with E-state index in [9.17, 15) is 0 Å². The van der Waals surface area contributed by atoms with Crippen LogP contribution in [0.1, 0.15) is 19.3 Å². The predicted molar refractivity (Wildman–Crippen MR) is 77.9 cm³/mol. The topological polar surface area (TPSA) is 47.7 Å². The van der Waals surface area contributed by atoms with Gasteiger partial charge in [0.2, 0.25) is 0 Å². The van der Waals surface area contributed by atoms with Crippen LogP contribution in [0, 0.1) is 0 Å². The molecule has 0 aromatic heterocycles. The van der Waals surface area contributed by atoms with Gasteiger partial charge in [0.15, 0.2) is 0 Å². The number of rotatable bonds is 6. The summed E-state index contributed by atoms with van der Waals surface area (Å²) in [5, 5.41) is 0. The van der Waals surface area contributed by atoms with E-state index in [0.29, 0.717) is 12.6 Å². The predicted octanol–water partition coefficient (Wildman–Crippen LogP) is 2.03. The summed E-state index contributed by atoms with van der Waals surface area (Å²) in [6.07, 6.45) is 3.02. The fourth-order valence-corrected chi connectivity index (χ4v) is 2.37. The van der Waals surface area contributed by atoms with Gasteiger partial charge in [0.1, 0.15) is 5.75 Å². The third-order valence-electron chi connectivity index (χ3n) is 3.50. The van der Waals surface area contributed by atoms with Crippen molar-refractivity contribution >= 4 is 5.69 Å². The van der Waals surface area contributed by atoms with Crippen molar-refractivity contribution in [2.45, 2.75) is 25.3 Å². The van der Waals surface area contributed by atoms with Gasteiger partial charge in [0.05, 0.1) is 12.3 Å². The van der Waals surface area contributed by atoms with Gasteiger partial charge in [-0.1, -0.05) is 12.1 Å². The monoisotopic (exact) mass is 264 g/mol. The maximum Gasteiger partial charge on any atom is 0.142 e. The van der Waals surface area contributed by atoms with Gasteiger partial charge in [-0.25, -0.2) is 0 Å². The standard InChI is InChI=1S/C15H24N2O2/c1-18-11-4-12-19-15-6-3-2-5-14(15)17-9-7-13(16)8-10-17/h2-3,5-6,13H,4,7-12,16H2,1H3. The second-order valence-corrected chi connectivity index (χ2v) is 4.99. The summed E-state index contributed by atoms with van der Waals surface area (Å²) in [6, 6.07) is 8.60. The van der Waals surface area contributed by atoms with E-state index >= 15 is 0 Å². The van der Waals surface area contributed by atoms with Crippen LogP contribution in [-0.2, 0) is 4.74 Å². The number of anilines is 1. The van der Waals surface area contributed by atoms with Crippen molar-refractivity contribution in [3.63, 3.8) is 0 Å². The first-order valence-electron chi connectivity index (χ1n) is 7.02. The molecule has 1 fully saturated rings. The lowest BCUT2D eigenvalue weighted by Crippen LogP contribution is -2.39. The highest BCUT2D eigenvalue weighted by molar-refractivity contribution is 5.58. The van der Waals surface area contributed by atoms with Crippen LogP contribution >= 0.6 is 0 Å². The lowest BCUT2D eigenvalue weighted by molar-refractivity contribution is 0.172. The lowest BCUT2D eigenvalue weighted by atomic mass is 10.1. The SMILES string of the molecule is COCCCOc1ccccc1N1CCC(N)CC1. The van der Waals surface area contributed by atoms with Crippen LogP contribution in [0.2, 0.25) is 0 Å². The van der Waals surface area contributed by atoms with Gasteiger partial charge in [-0.3, -0.25) is 0 Å². The summed E-state index contributed by atoms with van der Waals surface area (Å²) in [6.45, 7) is 3.46. The molecule has 106 valence electrons. The summed E-state index contributed by atoms with van der Waals surface area (Å²) in [5.74, 6) is 0.967. The molecule has 2 N–H and O–H groups in total. The molecule has 0 spiro atoms. The van der Waals surface area contributed by atoms with Crippen molar-refractivity contribution in [1.29, 1.82) is 0 Å². The molecule has 2 rings (SSSR count). The molecule has 1 aromatic carbocycles. The average Bonchev–Trinajstić information content (AvgIpc) is 2.45. The van der Waals surface area contributed by atoms with Crippen LogP contribution in [0.25, 0.3) is 0 Å². The van der Waals surface area contributed by atoms with Crippen molar-refractivity contribution in [2.75, 3.05) is 38.3 Å². The number of para-hydroxylation sites is 2. The molecule has 0 unspecified atom stereocenters. The lowest BCUT2D eigenvalue weighted by Gasteiger charge is -2.33. The highest BCUT2D eigenvalue weighted by Gasteiger charge is 2.18. The molecular weight excluding hydrogens is 240 g/mol. The first-order chi connectivity index (χ1) is 9.31.